The van der Waals surface area contributed by atoms with Crippen molar-refractivity contribution in [2.24, 2.45) is 0 Å². The van der Waals surface area contributed by atoms with Crippen LogP contribution < -0.4 is 10.1 Å². The molecule has 0 aliphatic rings. The maximum Gasteiger partial charge on any atom is 0.165 e. The number of nitrogens with zero attached hydrogens (tertiary/aromatic N) is 1. The summed E-state index contributed by atoms with van der Waals surface area (Å²) in [7, 11) is 1.43. The molecule has 1 unspecified atom stereocenters. The molecule has 5 heteroatoms. The Morgan fingerprint density at radius 2 is 2.05 bits per heavy atom. The third-order valence-corrected chi connectivity index (χ3v) is 3.47. The molecule has 0 saturated heterocycles. The van der Waals surface area contributed by atoms with Crippen LogP contribution in [-0.2, 0) is 0 Å². The highest BCUT2D eigenvalue weighted by atomic mass is 35.5. The molecule has 3 nitrogen and oxygen atoms in total. The van der Waals surface area contributed by atoms with Crippen LogP contribution in [0.1, 0.15) is 24.1 Å². The quantitative estimate of drug-likeness (QED) is 0.902. The van der Waals surface area contributed by atoms with Gasteiger partial charge in [0.2, 0.25) is 0 Å². The summed E-state index contributed by atoms with van der Waals surface area (Å²) in [5, 5.41) is 12.6. The summed E-state index contributed by atoms with van der Waals surface area (Å²) in [6, 6.07) is 11.8. The van der Waals surface area contributed by atoms with Crippen molar-refractivity contribution < 1.29 is 9.13 Å². The van der Waals surface area contributed by atoms with E-state index in [0.29, 0.717) is 10.6 Å². The molecule has 0 aliphatic carbocycles. The van der Waals surface area contributed by atoms with E-state index >= 15 is 0 Å². The largest absolute Gasteiger partial charge is 0.494 e. The predicted molar refractivity (Wildman–Crippen MR) is 81.2 cm³/mol. The Morgan fingerprint density at radius 3 is 2.71 bits per heavy atom. The summed E-state index contributed by atoms with van der Waals surface area (Å²) in [6.07, 6.45) is 0. The van der Waals surface area contributed by atoms with Gasteiger partial charge in [0.05, 0.1) is 17.7 Å². The highest BCUT2D eigenvalue weighted by molar-refractivity contribution is 6.31. The predicted octanol–water partition coefficient (Wildman–Crippen LogP) is 4.53. The number of nitrogens with one attached hydrogen (secondary N) is 1. The zero-order valence-corrected chi connectivity index (χ0v) is 12.4. The minimum atomic E-state index is -0.397. The lowest BCUT2D eigenvalue weighted by atomic mass is 10.1. The van der Waals surface area contributed by atoms with Gasteiger partial charge in [-0.25, -0.2) is 4.39 Å². The average molecular weight is 305 g/mol. The van der Waals surface area contributed by atoms with Crippen LogP contribution in [0.25, 0.3) is 0 Å². The Balaban J connectivity index is 2.22. The summed E-state index contributed by atoms with van der Waals surface area (Å²) >= 11 is 5.90. The van der Waals surface area contributed by atoms with E-state index in [1.807, 2.05) is 13.0 Å². The second-order valence-corrected chi connectivity index (χ2v) is 4.97. The van der Waals surface area contributed by atoms with Crippen LogP contribution in [-0.4, -0.2) is 7.11 Å². The van der Waals surface area contributed by atoms with Gasteiger partial charge >= 0.3 is 0 Å². The SMILES string of the molecule is COc1cc(C(C)Nc2ccc(Cl)c(C#N)c2)ccc1F. The van der Waals surface area contributed by atoms with Crippen LogP contribution in [0.5, 0.6) is 5.75 Å². The topological polar surface area (TPSA) is 45.0 Å². The second kappa shape index (κ2) is 6.47. The minimum Gasteiger partial charge on any atom is -0.494 e. The number of methoxy groups -OCH3 is 1. The lowest BCUT2D eigenvalue weighted by molar-refractivity contribution is 0.385. The molecule has 1 atom stereocenters. The zero-order valence-electron chi connectivity index (χ0n) is 11.7. The molecule has 0 heterocycles. The van der Waals surface area contributed by atoms with Gasteiger partial charge in [-0.3, -0.25) is 0 Å². The summed E-state index contributed by atoms with van der Waals surface area (Å²) in [4.78, 5) is 0. The molecule has 21 heavy (non-hydrogen) atoms. The summed E-state index contributed by atoms with van der Waals surface area (Å²) in [5.74, 6) is -0.193. The van der Waals surface area contributed by atoms with Gasteiger partial charge in [0.25, 0.3) is 0 Å². The fraction of sp³-hybridized carbons (Fsp3) is 0.188. The highest BCUT2D eigenvalue weighted by Crippen LogP contribution is 2.26. The van der Waals surface area contributed by atoms with Gasteiger partial charge in [0.1, 0.15) is 6.07 Å². The van der Waals surface area contributed by atoms with E-state index in [1.54, 1.807) is 30.3 Å². The molecule has 2 aromatic carbocycles. The fourth-order valence-corrected chi connectivity index (χ4v) is 2.14. The van der Waals surface area contributed by atoms with Crippen molar-refractivity contribution in [3.8, 4) is 11.8 Å². The normalized spacial score (nSPS) is 11.6. The number of nitriles is 1. The average Bonchev–Trinajstić information content (AvgIpc) is 2.49. The van der Waals surface area contributed by atoms with Gasteiger partial charge in [-0.1, -0.05) is 17.7 Å². The van der Waals surface area contributed by atoms with Gasteiger partial charge in [0, 0.05) is 11.7 Å². The Labute approximate surface area is 127 Å². The number of halogens is 2. The van der Waals surface area contributed by atoms with Gasteiger partial charge in [-0.15, -0.1) is 0 Å². The molecule has 2 rings (SSSR count). The first-order valence-electron chi connectivity index (χ1n) is 6.34. The van der Waals surface area contributed by atoms with E-state index in [-0.39, 0.29) is 11.8 Å². The van der Waals surface area contributed by atoms with Crippen LogP contribution in [0.15, 0.2) is 36.4 Å². The number of ether oxygens (including phenoxy) is 1. The van der Waals surface area contributed by atoms with Crippen molar-refractivity contribution >= 4 is 17.3 Å². The Hall–Kier alpha value is -2.25. The second-order valence-electron chi connectivity index (χ2n) is 4.57. The molecular formula is C16H14ClFN2O. The number of anilines is 1. The molecule has 0 saturated carbocycles. The van der Waals surface area contributed by atoms with Crippen molar-refractivity contribution in [1.82, 2.24) is 0 Å². The zero-order chi connectivity index (χ0) is 15.4. The lowest BCUT2D eigenvalue weighted by Gasteiger charge is -2.17. The van der Waals surface area contributed by atoms with Crippen LogP contribution >= 0.6 is 11.6 Å². The third-order valence-electron chi connectivity index (χ3n) is 3.15. The molecule has 0 radical (unpaired) electrons. The number of benzene rings is 2. The molecule has 0 aromatic heterocycles. The Bertz CT molecular complexity index is 697. The van der Waals surface area contributed by atoms with Gasteiger partial charge < -0.3 is 10.1 Å². The molecule has 0 bridgehead atoms. The standard InChI is InChI=1S/C16H14ClFN2O/c1-10(11-3-6-15(18)16(8-11)21-2)20-13-4-5-14(17)12(7-13)9-19/h3-8,10,20H,1-2H3. The number of rotatable bonds is 4. The van der Waals surface area contributed by atoms with Crippen molar-refractivity contribution in [3.05, 3.63) is 58.4 Å². The monoisotopic (exact) mass is 304 g/mol. The van der Waals surface area contributed by atoms with E-state index in [9.17, 15) is 4.39 Å². The van der Waals surface area contributed by atoms with E-state index in [2.05, 4.69) is 5.32 Å². The first kappa shape index (κ1) is 15.1. The van der Waals surface area contributed by atoms with Crippen molar-refractivity contribution in [2.75, 3.05) is 12.4 Å². The molecule has 0 fully saturated rings. The molecule has 108 valence electrons. The van der Waals surface area contributed by atoms with Crippen molar-refractivity contribution in [1.29, 1.82) is 5.26 Å². The minimum absolute atomic E-state index is 0.0766. The van der Waals surface area contributed by atoms with Gasteiger partial charge in [-0.2, -0.15) is 5.26 Å². The number of hydrogen-bond acceptors (Lipinski definition) is 3. The van der Waals surface area contributed by atoms with Crippen molar-refractivity contribution in [3.63, 3.8) is 0 Å². The van der Waals surface area contributed by atoms with E-state index < -0.39 is 5.82 Å². The third kappa shape index (κ3) is 3.45. The molecule has 0 spiro atoms. The Morgan fingerprint density at radius 1 is 1.29 bits per heavy atom. The van der Waals surface area contributed by atoms with Crippen LogP contribution in [0.3, 0.4) is 0 Å². The first-order valence-corrected chi connectivity index (χ1v) is 6.72. The molecule has 1 N–H and O–H groups in total. The molecular weight excluding hydrogens is 291 g/mol. The Kier molecular flexibility index (Phi) is 4.66. The lowest BCUT2D eigenvalue weighted by Crippen LogP contribution is -2.07. The van der Waals surface area contributed by atoms with Crippen LogP contribution in [0, 0.1) is 17.1 Å². The maximum absolute atomic E-state index is 13.4. The van der Waals surface area contributed by atoms with Gasteiger partial charge in [-0.05, 0) is 42.8 Å². The van der Waals surface area contributed by atoms with Crippen LogP contribution in [0.2, 0.25) is 5.02 Å². The fourth-order valence-electron chi connectivity index (χ4n) is 1.98. The summed E-state index contributed by atoms with van der Waals surface area (Å²) in [5.41, 5.74) is 2.05. The van der Waals surface area contributed by atoms with Crippen LogP contribution in [0.4, 0.5) is 10.1 Å². The summed E-state index contributed by atoms with van der Waals surface area (Å²) < 4.78 is 18.4. The van der Waals surface area contributed by atoms with E-state index in [4.69, 9.17) is 21.6 Å². The molecule has 0 aliphatic heterocycles. The summed E-state index contributed by atoms with van der Waals surface area (Å²) in [6.45, 7) is 1.94. The van der Waals surface area contributed by atoms with Gasteiger partial charge in [0.15, 0.2) is 11.6 Å². The highest BCUT2D eigenvalue weighted by Gasteiger charge is 2.10. The maximum atomic E-state index is 13.4. The van der Waals surface area contributed by atoms with E-state index in [0.717, 1.165) is 11.3 Å². The van der Waals surface area contributed by atoms with E-state index in [1.165, 1.54) is 13.2 Å². The smallest absolute Gasteiger partial charge is 0.165 e. The molecule has 0 amide bonds. The number of hydrogen-bond donors (Lipinski definition) is 1. The molecule has 2 aromatic rings. The van der Waals surface area contributed by atoms with Crippen molar-refractivity contribution in [2.45, 2.75) is 13.0 Å². The first-order chi connectivity index (χ1) is 10.0.